The molecule has 82 valence electrons. The van der Waals surface area contributed by atoms with E-state index < -0.39 is 5.97 Å². The summed E-state index contributed by atoms with van der Waals surface area (Å²) in [5.41, 5.74) is 0. The van der Waals surface area contributed by atoms with Crippen LogP contribution in [0.2, 0.25) is 0 Å². The Morgan fingerprint density at radius 2 is 2.29 bits per heavy atom. The van der Waals surface area contributed by atoms with E-state index >= 15 is 0 Å². The number of ether oxygens (including phenoxy) is 1. The average Bonchev–Trinajstić information content (AvgIpc) is 2.94. The summed E-state index contributed by atoms with van der Waals surface area (Å²) in [5, 5.41) is 9.10. The first-order chi connectivity index (χ1) is 6.70. The van der Waals surface area contributed by atoms with Crippen LogP contribution in [0.25, 0.3) is 0 Å². The Labute approximate surface area is 84.8 Å². The van der Waals surface area contributed by atoms with Crippen LogP contribution in [0, 0.1) is 5.92 Å². The second-order valence-corrected chi connectivity index (χ2v) is 3.74. The van der Waals surface area contributed by atoms with Crippen LogP contribution in [0.15, 0.2) is 0 Å². The summed E-state index contributed by atoms with van der Waals surface area (Å²) in [7, 11) is 1.64. The molecule has 0 radical (unpaired) electrons. The monoisotopic (exact) mass is 201 g/mol. The molecule has 0 saturated heterocycles. The van der Waals surface area contributed by atoms with E-state index in [0.717, 1.165) is 19.4 Å². The van der Waals surface area contributed by atoms with Crippen molar-refractivity contribution in [1.82, 2.24) is 4.90 Å². The van der Waals surface area contributed by atoms with Crippen molar-refractivity contribution < 1.29 is 14.6 Å². The van der Waals surface area contributed by atoms with Gasteiger partial charge in [0.2, 0.25) is 0 Å². The van der Waals surface area contributed by atoms with E-state index in [1.807, 2.05) is 11.8 Å². The lowest BCUT2D eigenvalue weighted by Crippen LogP contribution is -2.44. The van der Waals surface area contributed by atoms with Gasteiger partial charge in [-0.1, -0.05) is 6.92 Å². The molecule has 1 atom stereocenters. The fourth-order valence-electron chi connectivity index (χ4n) is 1.77. The van der Waals surface area contributed by atoms with Crippen molar-refractivity contribution in [2.75, 3.05) is 26.8 Å². The number of methoxy groups -OCH3 is 1. The van der Waals surface area contributed by atoms with Crippen LogP contribution >= 0.6 is 0 Å². The Morgan fingerprint density at radius 3 is 2.64 bits per heavy atom. The molecule has 0 spiro atoms. The summed E-state index contributed by atoms with van der Waals surface area (Å²) in [5.74, 6) is -0.324. The van der Waals surface area contributed by atoms with Crippen molar-refractivity contribution in [2.45, 2.75) is 25.8 Å². The maximum Gasteiger partial charge on any atom is 0.321 e. The number of likely N-dealkylation sites (N-methyl/N-ethyl adjacent to an activating group) is 1. The number of nitrogens with zero attached hydrogens (tertiary/aromatic N) is 1. The van der Waals surface area contributed by atoms with Crippen LogP contribution in [0.5, 0.6) is 0 Å². The second-order valence-electron chi connectivity index (χ2n) is 3.74. The van der Waals surface area contributed by atoms with E-state index in [-0.39, 0.29) is 6.04 Å². The van der Waals surface area contributed by atoms with Crippen LogP contribution in [-0.4, -0.2) is 48.8 Å². The Bertz CT molecular complexity index is 192. The van der Waals surface area contributed by atoms with Gasteiger partial charge in [0.25, 0.3) is 0 Å². The molecule has 0 aromatic rings. The predicted octanol–water partition coefficient (Wildman–Crippen LogP) is 0.818. The summed E-state index contributed by atoms with van der Waals surface area (Å²) in [6.07, 6.45) is 2.11. The van der Waals surface area contributed by atoms with E-state index in [1.165, 1.54) is 0 Å². The van der Waals surface area contributed by atoms with Gasteiger partial charge in [0, 0.05) is 13.7 Å². The third kappa shape index (κ3) is 2.96. The Kier molecular flexibility index (Phi) is 4.35. The first kappa shape index (κ1) is 11.5. The fraction of sp³-hybridized carbons (Fsp3) is 0.900. The molecule has 1 unspecified atom stereocenters. The van der Waals surface area contributed by atoms with Crippen molar-refractivity contribution >= 4 is 5.97 Å². The summed E-state index contributed by atoms with van der Waals surface area (Å²) in [6.45, 7) is 4.08. The average molecular weight is 201 g/mol. The van der Waals surface area contributed by atoms with E-state index in [4.69, 9.17) is 9.84 Å². The van der Waals surface area contributed by atoms with Gasteiger partial charge in [0.05, 0.1) is 6.61 Å². The van der Waals surface area contributed by atoms with Crippen LogP contribution < -0.4 is 0 Å². The Morgan fingerprint density at radius 1 is 1.64 bits per heavy atom. The van der Waals surface area contributed by atoms with Crippen LogP contribution in [-0.2, 0) is 9.53 Å². The lowest BCUT2D eigenvalue weighted by Gasteiger charge is -2.27. The first-order valence-electron chi connectivity index (χ1n) is 5.16. The van der Waals surface area contributed by atoms with Crippen LogP contribution in [0.1, 0.15) is 19.8 Å². The van der Waals surface area contributed by atoms with Crippen molar-refractivity contribution in [3.8, 4) is 0 Å². The normalized spacial score (nSPS) is 18.5. The van der Waals surface area contributed by atoms with Crippen molar-refractivity contribution in [3.05, 3.63) is 0 Å². The van der Waals surface area contributed by atoms with Gasteiger partial charge in [-0.3, -0.25) is 9.69 Å². The number of rotatable bonds is 7. The van der Waals surface area contributed by atoms with Crippen molar-refractivity contribution in [1.29, 1.82) is 0 Å². The minimum Gasteiger partial charge on any atom is -0.480 e. The van der Waals surface area contributed by atoms with E-state index in [9.17, 15) is 4.79 Å². The van der Waals surface area contributed by atoms with Gasteiger partial charge in [-0.25, -0.2) is 0 Å². The molecule has 4 heteroatoms. The highest BCUT2D eigenvalue weighted by atomic mass is 16.5. The molecule has 0 amide bonds. The van der Waals surface area contributed by atoms with Crippen molar-refractivity contribution in [2.24, 2.45) is 5.92 Å². The highest BCUT2D eigenvalue weighted by Gasteiger charge is 2.39. The zero-order valence-corrected chi connectivity index (χ0v) is 8.90. The van der Waals surface area contributed by atoms with Gasteiger partial charge in [0.1, 0.15) is 6.04 Å². The van der Waals surface area contributed by atoms with Gasteiger partial charge in [-0.2, -0.15) is 0 Å². The smallest absolute Gasteiger partial charge is 0.321 e. The molecule has 0 bridgehead atoms. The van der Waals surface area contributed by atoms with Crippen molar-refractivity contribution in [3.63, 3.8) is 0 Å². The fourth-order valence-corrected chi connectivity index (χ4v) is 1.77. The molecule has 0 aliphatic heterocycles. The number of carboxylic acid groups (broad SMARTS) is 1. The molecule has 1 N–H and O–H groups in total. The third-order valence-electron chi connectivity index (χ3n) is 2.70. The molecular weight excluding hydrogens is 182 g/mol. The predicted molar refractivity (Wildman–Crippen MR) is 53.3 cm³/mol. The van der Waals surface area contributed by atoms with E-state index in [1.54, 1.807) is 7.11 Å². The number of hydrogen-bond donors (Lipinski definition) is 1. The molecule has 14 heavy (non-hydrogen) atoms. The number of hydrogen-bond acceptors (Lipinski definition) is 3. The van der Waals surface area contributed by atoms with Gasteiger partial charge in [-0.15, -0.1) is 0 Å². The highest BCUT2D eigenvalue weighted by molar-refractivity contribution is 5.74. The Balaban J connectivity index is 2.48. The summed E-state index contributed by atoms with van der Waals surface area (Å²) in [6, 6.07) is -0.296. The quantitative estimate of drug-likeness (QED) is 0.662. The molecule has 1 aliphatic carbocycles. The molecule has 1 rings (SSSR count). The molecule has 1 saturated carbocycles. The number of aliphatic carboxylic acids is 1. The second kappa shape index (κ2) is 5.32. The van der Waals surface area contributed by atoms with Gasteiger partial charge in [-0.05, 0) is 25.3 Å². The molecule has 1 aliphatic rings. The van der Waals surface area contributed by atoms with E-state index in [2.05, 4.69) is 0 Å². The Hall–Kier alpha value is -0.610. The lowest BCUT2D eigenvalue weighted by atomic mass is 10.1. The van der Waals surface area contributed by atoms with Gasteiger partial charge >= 0.3 is 5.97 Å². The minimum atomic E-state index is -0.689. The molecule has 4 nitrogen and oxygen atoms in total. The van der Waals surface area contributed by atoms with Gasteiger partial charge in [0.15, 0.2) is 0 Å². The van der Waals surface area contributed by atoms with Crippen LogP contribution in [0.4, 0.5) is 0 Å². The number of carbonyl (C=O) groups is 1. The highest BCUT2D eigenvalue weighted by Crippen LogP contribution is 2.35. The molecule has 0 aromatic carbocycles. The van der Waals surface area contributed by atoms with Crippen LogP contribution in [0.3, 0.4) is 0 Å². The lowest BCUT2D eigenvalue weighted by molar-refractivity contribution is -0.144. The number of carboxylic acids is 1. The summed E-state index contributed by atoms with van der Waals surface area (Å²) in [4.78, 5) is 13.1. The third-order valence-corrected chi connectivity index (χ3v) is 2.70. The summed E-state index contributed by atoms with van der Waals surface area (Å²) < 4.78 is 4.97. The van der Waals surface area contributed by atoms with Gasteiger partial charge < -0.3 is 9.84 Å². The molecule has 0 aromatic heterocycles. The molecule has 0 heterocycles. The minimum absolute atomic E-state index is 0.296. The molecule has 1 fully saturated rings. The van der Waals surface area contributed by atoms with E-state index in [0.29, 0.717) is 19.1 Å². The SMILES string of the molecule is CCN(CCOC)C(C(=O)O)C1CC1. The largest absolute Gasteiger partial charge is 0.480 e. The summed E-state index contributed by atoms with van der Waals surface area (Å²) >= 11 is 0. The molecular formula is C10H19NO3. The topological polar surface area (TPSA) is 49.8 Å². The first-order valence-corrected chi connectivity index (χ1v) is 5.16. The zero-order valence-electron chi connectivity index (χ0n) is 8.90. The zero-order chi connectivity index (χ0) is 10.6. The maximum atomic E-state index is 11.1. The maximum absolute atomic E-state index is 11.1. The standard InChI is InChI=1S/C10H19NO3/c1-3-11(6-7-14-2)9(10(12)13)8-4-5-8/h8-9H,3-7H2,1-2H3,(H,12,13).